The van der Waals surface area contributed by atoms with Gasteiger partial charge in [-0.15, -0.1) is 12.6 Å². The first kappa shape index (κ1) is 9.26. The van der Waals surface area contributed by atoms with Crippen molar-refractivity contribution in [1.82, 2.24) is 4.98 Å². The first-order valence-electron chi connectivity index (χ1n) is 3.93. The Balaban J connectivity index is 3.00. The lowest BCUT2D eigenvalue weighted by Gasteiger charge is -2.01. The molecule has 1 aromatic rings. The molecule has 0 radical (unpaired) electrons. The Labute approximate surface area is 77.4 Å². The van der Waals surface area contributed by atoms with Crippen molar-refractivity contribution in [2.45, 2.75) is 19.8 Å². The standard InChI is InChI=1S/C9H11NOS/c1-2-4-8-7(9(11)12)5-3-6-10-8/h3,5-6H,2,4H2,1H3,(H,11,12). The van der Waals surface area contributed by atoms with Crippen molar-refractivity contribution in [3.8, 4) is 0 Å². The molecule has 0 aliphatic rings. The molecule has 2 nitrogen and oxygen atoms in total. The van der Waals surface area contributed by atoms with E-state index in [1.807, 2.05) is 0 Å². The van der Waals surface area contributed by atoms with Crippen molar-refractivity contribution < 1.29 is 4.79 Å². The molecule has 0 N–H and O–H groups in total. The number of rotatable bonds is 3. The Hall–Kier alpha value is -0.830. The highest BCUT2D eigenvalue weighted by Crippen LogP contribution is 2.09. The van der Waals surface area contributed by atoms with Crippen LogP contribution in [-0.4, -0.2) is 10.1 Å². The molecular weight excluding hydrogens is 170 g/mol. The van der Waals surface area contributed by atoms with E-state index in [1.165, 1.54) is 0 Å². The fourth-order valence-corrected chi connectivity index (χ4v) is 1.27. The minimum Gasteiger partial charge on any atom is -0.282 e. The predicted octanol–water partition coefficient (Wildman–Crippen LogP) is 2.10. The first-order chi connectivity index (χ1) is 5.75. The van der Waals surface area contributed by atoms with Crippen LogP contribution in [0.15, 0.2) is 18.3 Å². The van der Waals surface area contributed by atoms with Crippen molar-refractivity contribution in [2.75, 3.05) is 0 Å². The zero-order chi connectivity index (χ0) is 8.97. The average Bonchev–Trinajstić information content (AvgIpc) is 2.05. The number of nitrogens with zero attached hydrogens (tertiary/aromatic N) is 1. The van der Waals surface area contributed by atoms with Crippen LogP contribution in [0.1, 0.15) is 29.4 Å². The lowest BCUT2D eigenvalue weighted by Crippen LogP contribution is -1.99. The van der Waals surface area contributed by atoms with Gasteiger partial charge < -0.3 is 0 Å². The van der Waals surface area contributed by atoms with E-state index in [-0.39, 0.29) is 5.12 Å². The number of carbonyl (C=O) groups excluding carboxylic acids is 1. The molecule has 0 aliphatic carbocycles. The molecule has 0 saturated heterocycles. The van der Waals surface area contributed by atoms with Crippen LogP contribution < -0.4 is 0 Å². The van der Waals surface area contributed by atoms with Gasteiger partial charge in [0.25, 0.3) is 0 Å². The third-order valence-electron chi connectivity index (χ3n) is 1.61. The lowest BCUT2D eigenvalue weighted by atomic mass is 10.1. The van der Waals surface area contributed by atoms with Crippen LogP contribution in [0.25, 0.3) is 0 Å². The fourth-order valence-electron chi connectivity index (χ4n) is 1.07. The van der Waals surface area contributed by atoms with Gasteiger partial charge in [-0.25, -0.2) is 0 Å². The maximum Gasteiger partial charge on any atom is 0.218 e. The molecule has 64 valence electrons. The van der Waals surface area contributed by atoms with Crippen molar-refractivity contribution in [1.29, 1.82) is 0 Å². The highest BCUT2D eigenvalue weighted by Gasteiger charge is 2.06. The topological polar surface area (TPSA) is 30.0 Å². The molecule has 0 bridgehead atoms. The van der Waals surface area contributed by atoms with Crippen LogP contribution in [0.3, 0.4) is 0 Å². The molecule has 3 heteroatoms. The molecule has 0 amide bonds. The van der Waals surface area contributed by atoms with Gasteiger partial charge in [0, 0.05) is 11.8 Å². The number of aromatic nitrogens is 1. The molecule has 12 heavy (non-hydrogen) atoms. The van der Waals surface area contributed by atoms with Crippen LogP contribution in [0, 0.1) is 0 Å². The lowest BCUT2D eigenvalue weighted by molar-refractivity contribution is 0.109. The maximum atomic E-state index is 11.0. The number of thiol groups is 1. The summed E-state index contributed by atoms with van der Waals surface area (Å²) in [5, 5.41) is -0.202. The Morgan fingerprint density at radius 1 is 1.67 bits per heavy atom. The van der Waals surface area contributed by atoms with Crippen LogP contribution >= 0.6 is 12.6 Å². The number of aryl methyl sites for hydroxylation is 1. The molecule has 0 aliphatic heterocycles. The van der Waals surface area contributed by atoms with Crippen molar-refractivity contribution in [3.63, 3.8) is 0 Å². The van der Waals surface area contributed by atoms with E-state index in [4.69, 9.17) is 0 Å². The number of pyridine rings is 1. The van der Waals surface area contributed by atoms with Gasteiger partial charge in [0.15, 0.2) is 0 Å². The maximum absolute atomic E-state index is 11.0. The highest BCUT2D eigenvalue weighted by molar-refractivity contribution is 7.97. The van der Waals surface area contributed by atoms with Gasteiger partial charge >= 0.3 is 0 Å². The van der Waals surface area contributed by atoms with Gasteiger partial charge in [-0.3, -0.25) is 9.78 Å². The summed E-state index contributed by atoms with van der Waals surface area (Å²) < 4.78 is 0. The van der Waals surface area contributed by atoms with Gasteiger partial charge in [0.05, 0.1) is 5.69 Å². The van der Waals surface area contributed by atoms with E-state index in [1.54, 1.807) is 18.3 Å². The second kappa shape index (κ2) is 4.26. The second-order valence-electron chi connectivity index (χ2n) is 2.55. The van der Waals surface area contributed by atoms with Crippen molar-refractivity contribution >= 4 is 17.7 Å². The summed E-state index contributed by atoms with van der Waals surface area (Å²) in [7, 11) is 0. The minimum atomic E-state index is -0.202. The quantitative estimate of drug-likeness (QED) is 0.724. The van der Waals surface area contributed by atoms with Gasteiger partial charge in [0.1, 0.15) is 0 Å². The largest absolute Gasteiger partial charge is 0.282 e. The zero-order valence-electron chi connectivity index (χ0n) is 6.95. The highest BCUT2D eigenvalue weighted by atomic mass is 32.1. The number of carbonyl (C=O) groups is 1. The van der Waals surface area contributed by atoms with E-state index in [0.717, 1.165) is 18.5 Å². The molecule has 1 aromatic heterocycles. The zero-order valence-corrected chi connectivity index (χ0v) is 7.84. The summed E-state index contributed by atoms with van der Waals surface area (Å²) in [6.07, 6.45) is 3.53. The van der Waals surface area contributed by atoms with Crippen LogP contribution in [0.2, 0.25) is 0 Å². The Bertz CT molecular complexity index is 286. The van der Waals surface area contributed by atoms with E-state index < -0.39 is 0 Å². The fraction of sp³-hybridized carbons (Fsp3) is 0.333. The molecule has 0 fully saturated rings. The smallest absolute Gasteiger partial charge is 0.218 e. The van der Waals surface area contributed by atoms with Crippen LogP contribution in [-0.2, 0) is 6.42 Å². The number of hydrogen-bond donors (Lipinski definition) is 1. The summed E-state index contributed by atoms with van der Waals surface area (Å²) in [6.45, 7) is 2.06. The van der Waals surface area contributed by atoms with Crippen LogP contribution in [0.4, 0.5) is 0 Å². The first-order valence-corrected chi connectivity index (χ1v) is 4.37. The normalized spacial score (nSPS) is 9.83. The predicted molar refractivity (Wildman–Crippen MR) is 51.5 cm³/mol. The minimum absolute atomic E-state index is 0.202. The molecule has 0 saturated carbocycles. The van der Waals surface area contributed by atoms with Gasteiger partial charge in [-0.1, -0.05) is 13.3 Å². The summed E-state index contributed by atoms with van der Waals surface area (Å²) in [6, 6.07) is 3.51. The number of hydrogen-bond acceptors (Lipinski definition) is 2. The third kappa shape index (κ3) is 2.08. The Morgan fingerprint density at radius 3 is 3.00 bits per heavy atom. The summed E-state index contributed by atoms with van der Waals surface area (Å²) >= 11 is 3.77. The Morgan fingerprint density at radius 2 is 2.42 bits per heavy atom. The third-order valence-corrected chi connectivity index (χ3v) is 1.85. The molecule has 0 aromatic carbocycles. The molecule has 1 heterocycles. The van der Waals surface area contributed by atoms with Crippen molar-refractivity contribution in [3.05, 3.63) is 29.6 Å². The Kier molecular flexibility index (Phi) is 3.29. The molecule has 0 unspecified atom stereocenters. The van der Waals surface area contributed by atoms with Crippen LogP contribution in [0.5, 0.6) is 0 Å². The molecule has 0 spiro atoms. The molecule has 0 atom stereocenters. The molecular formula is C9H11NOS. The monoisotopic (exact) mass is 181 g/mol. The van der Waals surface area contributed by atoms with E-state index >= 15 is 0 Å². The summed E-state index contributed by atoms with van der Waals surface area (Å²) in [5.41, 5.74) is 1.47. The van der Waals surface area contributed by atoms with Gasteiger partial charge in [0.2, 0.25) is 5.12 Å². The van der Waals surface area contributed by atoms with Crippen molar-refractivity contribution in [2.24, 2.45) is 0 Å². The van der Waals surface area contributed by atoms with E-state index in [9.17, 15) is 4.79 Å². The molecule has 1 rings (SSSR count). The van der Waals surface area contributed by atoms with Gasteiger partial charge in [-0.05, 0) is 18.6 Å². The van der Waals surface area contributed by atoms with Gasteiger partial charge in [-0.2, -0.15) is 0 Å². The average molecular weight is 181 g/mol. The summed E-state index contributed by atoms with van der Waals surface area (Å²) in [5.74, 6) is 0. The summed E-state index contributed by atoms with van der Waals surface area (Å²) in [4.78, 5) is 15.1. The van der Waals surface area contributed by atoms with E-state index in [0.29, 0.717) is 5.56 Å². The second-order valence-corrected chi connectivity index (χ2v) is 2.96. The SMILES string of the molecule is CCCc1ncccc1C(=O)S. The van der Waals surface area contributed by atoms with E-state index in [2.05, 4.69) is 24.5 Å².